The van der Waals surface area contributed by atoms with Crippen LogP contribution in [-0.4, -0.2) is 22.7 Å². The fourth-order valence-electron chi connectivity index (χ4n) is 2.39. The molecule has 0 bridgehead atoms. The lowest BCUT2D eigenvalue weighted by Crippen LogP contribution is -2.32. The Hall–Kier alpha value is -2.93. The van der Waals surface area contributed by atoms with Gasteiger partial charge < -0.3 is 20.7 Å². The van der Waals surface area contributed by atoms with Crippen LogP contribution < -0.4 is 10.6 Å². The molecule has 5 nitrogen and oxygen atoms in total. The quantitative estimate of drug-likeness (QED) is 0.592. The molecule has 7 heteroatoms. The lowest BCUT2D eigenvalue weighted by molar-refractivity contribution is 0.174. The number of aliphatic hydroxyl groups is 1. The zero-order chi connectivity index (χ0) is 17.1. The fraction of sp³-hybridized carbons (Fsp3) is 0.118. The number of anilines is 1. The van der Waals surface area contributed by atoms with Crippen molar-refractivity contribution in [1.29, 1.82) is 0 Å². The number of urea groups is 1. The number of carbonyl (C=O) groups is 1. The van der Waals surface area contributed by atoms with Crippen molar-refractivity contribution in [3.63, 3.8) is 0 Å². The largest absolute Gasteiger partial charge is 0.387 e. The highest BCUT2D eigenvalue weighted by Crippen LogP contribution is 2.22. The Bertz CT molecular complexity index is 879. The second-order valence-corrected chi connectivity index (χ2v) is 5.27. The van der Waals surface area contributed by atoms with Gasteiger partial charge in [-0.05, 0) is 35.9 Å². The number of aliphatic hydroxyl groups excluding tert-OH is 1. The van der Waals surface area contributed by atoms with Crippen LogP contribution in [0.1, 0.15) is 11.7 Å². The van der Waals surface area contributed by atoms with Crippen LogP contribution in [0.4, 0.5) is 19.3 Å². The molecule has 3 aromatic rings. The van der Waals surface area contributed by atoms with Crippen molar-refractivity contribution in [2.75, 3.05) is 11.9 Å². The highest BCUT2D eigenvalue weighted by molar-refractivity contribution is 6.00. The van der Waals surface area contributed by atoms with Crippen molar-refractivity contribution in [3.8, 4) is 0 Å². The third-order valence-electron chi connectivity index (χ3n) is 3.63. The van der Waals surface area contributed by atoms with Gasteiger partial charge in [0.1, 0.15) is 0 Å². The number of fused-ring (bicyclic) bond motifs is 1. The molecule has 0 spiro atoms. The molecule has 1 heterocycles. The Morgan fingerprint density at radius 1 is 1.17 bits per heavy atom. The molecular formula is C17H15F2N3O2. The van der Waals surface area contributed by atoms with Crippen LogP contribution in [0.25, 0.3) is 10.9 Å². The van der Waals surface area contributed by atoms with Gasteiger partial charge in [-0.2, -0.15) is 0 Å². The molecule has 4 N–H and O–H groups in total. The second kappa shape index (κ2) is 6.67. The minimum absolute atomic E-state index is 0.139. The van der Waals surface area contributed by atoms with Gasteiger partial charge in [0.25, 0.3) is 0 Å². The summed E-state index contributed by atoms with van der Waals surface area (Å²) in [6.45, 7) is -0.139. The minimum atomic E-state index is -1.14. The minimum Gasteiger partial charge on any atom is -0.387 e. The van der Waals surface area contributed by atoms with Gasteiger partial charge in [0.05, 0.1) is 11.8 Å². The number of H-pyrrole nitrogens is 1. The van der Waals surface area contributed by atoms with E-state index in [9.17, 15) is 18.7 Å². The van der Waals surface area contributed by atoms with Gasteiger partial charge in [-0.25, -0.2) is 13.6 Å². The molecule has 1 aromatic heterocycles. The zero-order valence-electron chi connectivity index (χ0n) is 12.5. The number of halogens is 2. The molecule has 0 fully saturated rings. The summed E-state index contributed by atoms with van der Waals surface area (Å²) in [5.41, 5.74) is 1.69. The lowest BCUT2D eigenvalue weighted by Gasteiger charge is -2.13. The summed E-state index contributed by atoms with van der Waals surface area (Å²) in [5.74, 6) is -2.04. The Balaban J connectivity index is 1.61. The molecule has 0 saturated heterocycles. The van der Waals surface area contributed by atoms with Gasteiger partial charge in [-0.15, -0.1) is 0 Å². The normalized spacial score (nSPS) is 12.1. The fourth-order valence-corrected chi connectivity index (χ4v) is 2.39. The number of amides is 2. The number of aromatic nitrogens is 1. The van der Waals surface area contributed by atoms with E-state index in [1.807, 2.05) is 12.1 Å². The first kappa shape index (κ1) is 15.9. The van der Waals surface area contributed by atoms with Crippen LogP contribution >= 0.6 is 0 Å². The summed E-state index contributed by atoms with van der Waals surface area (Å²) in [4.78, 5) is 15.0. The first-order chi connectivity index (χ1) is 11.5. The molecule has 124 valence electrons. The summed E-state index contributed by atoms with van der Waals surface area (Å²) >= 11 is 0. The van der Waals surface area contributed by atoms with Crippen LogP contribution in [0.15, 0.2) is 48.7 Å². The Morgan fingerprint density at radius 3 is 2.79 bits per heavy atom. The number of benzene rings is 2. The van der Waals surface area contributed by atoms with Crippen LogP contribution in [0.3, 0.4) is 0 Å². The van der Waals surface area contributed by atoms with Crippen molar-refractivity contribution in [3.05, 3.63) is 65.9 Å². The smallest absolute Gasteiger partial charge is 0.319 e. The first-order valence-corrected chi connectivity index (χ1v) is 7.28. The molecule has 1 atom stereocenters. The first-order valence-electron chi connectivity index (χ1n) is 7.28. The molecule has 0 aliphatic heterocycles. The van der Waals surface area contributed by atoms with Gasteiger partial charge in [-0.1, -0.05) is 12.1 Å². The molecule has 1 unspecified atom stereocenters. The molecule has 2 amide bonds. The third kappa shape index (κ3) is 3.36. The summed E-state index contributed by atoms with van der Waals surface area (Å²) in [6.07, 6.45) is 0.620. The Morgan fingerprint density at radius 2 is 2.00 bits per heavy atom. The molecule has 0 radical (unpaired) electrons. The summed E-state index contributed by atoms with van der Waals surface area (Å²) in [6, 6.07) is 9.85. The van der Waals surface area contributed by atoms with E-state index in [4.69, 9.17) is 0 Å². The number of carbonyl (C=O) groups excluding carboxylic acids is 1. The number of aromatic amines is 1. The molecule has 0 aliphatic carbocycles. The van der Waals surface area contributed by atoms with Gasteiger partial charge in [-0.3, -0.25) is 0 Å². The maximum atomic E-state index is 13.2. The van der Waals surface area contributed by atoms with E-state index in [0.717, 1.165) is 23.0 Å². The van der Waals surface area contributed by atoms with Crippen molar-refractivity contribution in [1.82, 2.24) is 10.3 Å². The molecular weight excluding hydrogens is 316 g/mol. The van der Waals surface area contributed by atoms with E-state index < -0.39 is 23.8 Å². The van der Waals surface area contributed by atoms with Gasteiger partial charge in [0.15, 0.2) is 11.6 Å². The third-order valence-corrected chi connectivity index (χ3v) is 3.63. The van der Waals surface area contributed by atoms with E-state index in [-0.39, 0.29) is 12.1 Å². The number of hydrogen-bond donors (Lipinski definition) is 4. The number of rotatable bonds is 4. The number of hydrogen-bond acceptors (Lipinski definition) is 2. The van der Waals surface area contributed by atoms with Crippen molar-refractivity contribution in [2.24, 2.45) is 0 Å². The van der Waals surface area contributed by atoms with Crippen molar-refractivity contribution >= 4 is 22.6 Å². The van der Waals surface area contributed by atoms with Gasteiger partial charge >= 0.3 is 6.03 Å². The molecule has 0 aliphatic rings. The second-order valence-electron chi connectivity index (χ2n) is 5.27. The van der Waals surface area contributed by atoms with Crippen LogP contribution in [-0.2, 0) is 0 Å². The van der Waals surface area contributed by atoms with E-state index in [1.165, 1.54) is 6.07 Å². The standard InChI is InChI=1S/C17H15F2N3O2/c18-12-5-4-10(8-13(12)19)16(23)9-21-17(24)22-15-3-1-2-14-11(15)6-7-20-14/h1-8,16,20,23H,9H2,(H2,21,22,24). The van der Waals surface area contributed by atoms with Crippen molar-refractivity contribution in [2.45, 2.75) is 6.10 Å². The topological polar surface area (TPSA) is 77.2 Å². The van der Waals surface area contributed by atoms with Crippen molar-refractivity contribution < 1.29 is 18.7 Å². The Kier molecular flexibility index (Phi) is 4.43. The maximum absolute atomic E-state index is 13.2. The monoisotopic (exact) mass is 331 g/mol. The SMILES string of the molecule is O=C(NCC(O)c1ccc(F)c(F)c1)Nc1cccc2[nH]ccc12. The predicted octanol–water partition coefficient (Wildman–Crippen LogP) is 3.30. The van der Waals surface area contributed by atoms with Gasteiger partial charge in [0.2, 0.25) is 0 Å². The predicted molar refractivity (Wildman–Crippen MR) is 86.6 cm³/mol. The van der Waals surface area contributed by atoms with E-state index in [0.29, 0.717) is 5.69 Å². The highest BCUT2D eigenvalue weighted by Gasteiger charge is 2.13. The Labute approximate surface area is 136 Å². The summed E-state index contributed by atoms with van der Waals surface area (Å²) in [5, 5.41) is 16.0. The average molecular weight is 331 g/mol. The molecule has 0 saturated carbocycles. The average Bonchev–Trinajstić information content (AvgIpc) is 3.05. The molecule has 3 rings (SSSR count). The van der Waals surface area contributed by atoms with E-state index in [1.54, 1.807) is 18.3 Å². The molecule has 24 heavy (non-hydrogen) atoms. The zero-order valence-corrected chi connectivity index (χ0v) is 12.5. The van der Waals surface area contributed by atoms with Crippen LogP contribution in [0, 0.1) is 11.6 Å². The van der Waals surface area contributed by atoms with Crippen LogP contribution in [0.2, 0.25) is 0 Å². The van der Waals surface area contributed by atoms with Crippen LogP contribution in [0.5, 0.6) is 0 Å². The van der Waals surface area contributed by atoms with Gasteiger partial charge in [0, 0.05) is 23.6 Å². The van der Waals surface area contributed by atoms with E-state index in [2.05, 4.69) is 15.6 Å². The highest BCUT2D eigenvalue weighted by atomic mass is 19.2. The summed E-state index contributed by atoms with van der Waals surface area (Å²) in [7, 11) is 0. The van der Waals surface area contributed by atoms with E-state index >= 15 is 0 Å². The molecule has 2 aromatic carbocycles. The number of nitrogens with one attached hydrogen (secondary N) is 3. The maximum Gasteiger partial charge on any atom is 0.319 e. The summed E-state index contributed by atoms with van der Waals surface area (Å²) < 4.78 is 26.0. The lowest BCUT2D eigenvalue weighted by atomic mass is 10.1.